The maximum atomic E-state index is 11.6. The van der Waals surface area contributed by atoms with Crippen LogP contribution in [0.15, 0.2) is 35.1 Å². The van der Waals surface area contributed by atoms with Crippen molar-refractivity contribution in [2.75, 3.05) is 5.32 Å². The van der Waals surface area contributed by atoms with E-state index in [1.807, 2.05) is 6.07 Å². The van der Waals surface area contributed by atoms with Gasteiger partial charge in [0.25, 0.3) is 0 Å². The highest BCUT2D eigenvalue weighted by molar-refractivity contribution is 5.89. The van der Waals surface area contributed by atoms with Crippen LogP contribution in [-0.2, 0) is 4.79 Å². The Hall–Kier alpha value is -2.10. The Kier molecular flexibility index (Phi) is 2.25. The Morgan fingerprint density at radius 2 is 2.07 bits per heavy atom. The van der Waals surface area contributed by atoms with Gasteiger partial charge in [-0.1, -0.05) is 12.1 Å². The van der Waals surface area contributed by atoms with Crippen molar-refractivity contribution in [1.29, 1.82) is 0 Å². The van der Waals surface area contributed by atoms with Crippen molar-refractivity contribution < 1.29 is 4.79 Å². The molecule has 76 valence electrons. The number of fused-ring (bicyclic) bond motifs is 1. The maximum Gasteiger partial charge on any atom is 0.222 e. The lowest BCUT2D eigenvalue weighted by Gasteiger charge is -2.03. The van der Waals surface area contributed by atoms with Gasteiger partial charge >= 0.3 is 0 Å². The van der Waals surface area contributed by atoms with Crippen LogP contribution in [0.4, 0.5) is 5.82 Å². The van der Waals surface area contributed by atoms with Crippen LogP contribution in [-0.4, -0.2) is 10.9 Å². The molecule has 0 fully saturated rings. The monoisotopic (exact) mass is 202 g/mol. The molecule has 4 heteroatoms. The van der Waals surface area contributed by atoms with Crippen LogP contribution in [0.3, 0.4) is 0 Å². The minimum atomic E-state index is -0.207. The second-order valence-electron chi connectivity index (χ2n) is 3.27. The predicted molar refractivity (Wildman–Crippen MR) is 58.9 cm³/mol. The number of benzene rings is 1. The smallest absolute Gasteiger partial charge is 0.222 e. The summed E-state index contributed by atoms with van der Waals surface area (Å²) < 4.78 is 0. The lowest BCUT2D eigenvalue weighted by atomic mass is 10.2. The second kappa shape index (κ2) is 3.57. The molecule has 15 heavy (non-hydrogen) atoms. The summed E-state index contributed by atoms with van der Waals surface area (Å²) in [5.41, 5.74) is 0.613. The van der Waals surface area contributed by atoms with Crippen LogP contribution in [0.25, 0.3) is 10.9 Å². The van der Waals surface area contributed by atoms with Gasteiger partial charge in [-0.05, 0) is 12.1 Å². The number of aromatic amines is 1. The Labute approximate surface area is 85.9 Å². The summed E-state index contributed by atoms with van der Waals surface area (Å²) >= 11 is 0. The molecule has 0 aliphatic heterocycles. The molecule has 2 rings (SSSR count). The molecular formula is C11H10N2O2. The van der Waals surface area contributed by atoms with E-state index in [1.54, 1.807) is 18.2 Å². The van der Waals surface area contributed by atoms with Gasteiger partial charge in [0, 0.05) is 18.4 Å². The number of hydrogen-bond donors (Lipinski definition) is 2. The lowest BCUT2D eigenvalue weighted by molar-refractivity contribution is -0.114. The summed E-state index contributed by atoms with van der Waals surface area (Å²) in [7, 11) is 0. The number of aromatic nitrogens is 1. The van der Waals surface area contributed by atoms with E-state index >= 15 is 0 Å². The lowest BCUT2D eigenvalue weighted by Crippen LogP contribution is -2.11. The van der Waals surface area contributed by atoms with Crippen LogP contribution in [0, 0.1) is 0 Å². The van der Waals surface area contributed by atoms with Gasteiger partial charge in [0.1, 0.15) is 5.82 Å². The fourth-order valence-electron chi connectivity index (χ4n) is 1.45. The van der Waals surface area contributed by atoms with Gasteiger partial charge in [0.15, 0.2) is 5.43 Å². The van der Waals surface area contributed by atoms with Gasteiger partial charge in [-0.3, -0.25) is 9.59 Å². The quantitative estimate of drug-likeness (QED) is 0.735. The van der Waals surface area contributed by atoms with E-state index in [0.717, 1.165) is 0 Å². The van der Waals surface area contributed by atoms with E-state index in [2.05, 4.69) is 10.3 Å². The molecule has 2 aromatic rings. The molecule has 0 saturated heterocycles. The average molecular weight is 202 g/mol. The standard InChI is InChI=1S/C11H10N2O2/c1-7(14)12-11-6-10(15)8-4-2-3-5-9(8)13-11/h2-6H,1H3,(H2,12,13,14,15). The van der Waals surface area contributed by atoms with Crippen LogP contribution < -0.4 is 10.7 Å². The van der Waals surface area contributed by atoms with E-state index < -0.39 is 0 Å². The van der Waals surface area contributed by atoms with Gasteiger partial charge in [-0.25, -0.2) is 0 Å². The molecule has 1 aromatic carbocycles. The maximum absolute atomic E-state index is 11.6. The number of carbonyl (C=O) groups is 1. The van der Waals surface area contributed by atoms with Crippen molar-refractivity contribution in [3.8, 4) is 0 Å². The molecule has 1 heterocycles. The topological polar surface area (TPSA) is 62.0 Å². The summed E-state index contributed by atoms with van der Waals surface area (Å²) in [5.74, 6) is 0.215. The highest BCUT2D eigenvalue weighted by atomic mass is 16.1. The highest BCUT2D eigenvalue weighted by Crippen LogP contribution is 2.09. The van der Waals surface area contributed by atoms with Gasteiger partial charge < -0.3 is 10.3 Å². The molecule has 1 amide bonds. The molecule has 0 radical (unpaired) electrons. The third-order valence-corrected chi connectivity index (χ3v) is 2.05. The first-order chi connectivity index (χ1) is 7.16. The van der Waals surface area contributed by atoms with Crippen molar-refractivity contribution >= 4 is 22.6 Å². The van der Waals surface area contributed by atoms with E-state index in [0.29, 0.717) is 16.7 Å². The number of para-hydroxylation sites is 1. The largest absolute Gasteiger partial charge is 0.341 e. The van der Waals surface area contributed by atoms with Crippen molar-refractivity contribution in [1.82, 2.24) is 4.98 Å². The van der Waals surface area contributed by atoms with Crippen molar-refractivity contribution in [2.24, 2.45) is 0 Å². The zero-order valence-corrected chi connectivity index (χ0v) is 8.20. The molecule has 0 unspecified atom stereocenters. The number of H-pyrrole nitrogens is 1. The zero-order chi connectivity index (χ0) is 10.8. The Morgan fingerprint density at radius 1 is 1.33 bits per heavy atom. The van der Waals surface area contributed by atoms with E-state index in [9.17, 15) is 9.59 Å². The van der Waals surface area contributed by atoms with E-state index in [-0.39, 0.29) is 11.3 Å². The molecule has 0 saturated carbocycles. The Balaban J connectivity index is 2.62. The first kappa shape index (κ1) is 9.45. The van der Waals surface area contributed by atoms with Crippen molar-refractivity contribution in [3.63, 3.8) is 0 Å². The third-order valence-electron chi connectivity index (χ3n) is 2.05. The molecular weight excluding hydrogens is 192 g/mol. The van der Waals surface area contributed by atoms with E-state index in [1.165, 1.54) is 13.0 Å². The minimum absolute atomic E-state index is 0.104. The average Bonchev–Trinajstić information content (AvgIpc) is 2.16. The molecule has 0 aliphatic carbocycles. The molecule has 0 atom stereocenters. The molecule has 1 aromatic heterocycles. The number of nitrogens with one attached hydrogen (secondary N) is 2. The highest BCUT2D eigenvalue weighted by Gasteiger charge is 2.01. The second-order valence-corrected chi connectivity index (χ2v) is 3.27. The summed E-state index contributed by atoms with van der Waals surface area (Å²) in [6.45, 7) is 1.40. The van der Waals surface area contributed by atoms with Gasteiger partial charge in [0.05, 0.1) is 5.52 Å². The Morgan fingerprint density at radius 3 is 2.80 bits per heavy atom. The van der Waals surface area contributed by atoms with Crippen LogP contribution in [0.2, 0.25) is 0 Å². The SMILES string of the molecule is CC(=O)Nc1cc(=O)c2ccccc2[nH]1. The minimum Gasteiger partial charge on any atom is -0.341 e. The Bertz CT molecular complexity index is 572. The van der Waals surface area contributed by atoms with Crippen LogP contribution in [0.1, 0.15) is 6.92 Å². The number of hydrogen-bond acceptors (Lipinski definition) is 2. The fraction of sp³-hybridized carbons (Fsp3) is 0.0909. The summed E-state index contributed by atoms with van der Waals surface area (Å²) in [6, 6.07) is 8.54. The molecule has 0 bridgehead atoms. The summed E-state index contributed by atoms with van der Waals surface area (Å²) in [6.07, 6.45) is 0. The normalized spacial score (nSPS) is 10.2. The van der Waals surface area contributed by atoms with Gasteiger partial charge in [-0.15, -0.1) is 0 Å². The number of amides is 1. The zero-order valence-electron chi connectivity index (χ0n) is 8.20. The number of rotatable bonds is 1. The first-order valence-corrected chi connectivity index (χ1v) is 4.56. The predicted octanol–water partition coefficient (Wildman–Crippen LogP) is 1.49. The fourth-order valence-corrected chi connectivity index (χ4v) is 1.45. The summed E-state index contributed by atoms with van der Waals surface area (Å²) in [5, 5.41) is 3.16. The van der Waals surface area contributed by atoms with Crippen LogP contribution in [0.5, 0.6) is 0 Å². The van der Waals surface area contributed by atoms with Crippen molar-refractivity contribution in [2.45, 2.75) is 6.92 Å². The van der Waals surface area contributed by atoms with E-state index in [4.69, 9.17) is 0 Å². The number of carbonyl (C=O) groups excluding carboxylic acids is 1. The van der Waals surface area contributed by atoms with Crippen molar-refractivity contribution in [3.05, 3.63) is 40.6 Å². The molecule has 0 spiro atoms. The van der Waals surface area contributed by atoms with Gasteiger partial charge in [0.2, 0.25) is 5.91 Å². The molecule has 0 aliphatic rings. The number of pyridine rings is 1. The molecule has 4 nitrogen and oxygen atoms in total. The molecule has 2 N–H and O–H groups in total. The number of anilines is 1. The first-order valence-electron chi connectivity index (χ1n) is 4.56. The summed E-state index contributed by atoms with van der Waals surface area (Å²) in [4.78, 5) is 25.4. The van der Waals surface area contributed by atoms with Gasteiger partial charge in [-0.2, -0.15) is 0 Å². The third kappa shape index (κ3) is 1.88. The van der Waals surface area contributed by atoms with Crippen LogP contribution >= 0.6 is 0 Å².